The van der Waals surface area contributed by atoms with E-state index < -0.39 is 0 Å². The molecule has 28 heavy (non-hydrogen) atoms. The molecule has 0 fully saturated rings. The Hall–Kier alpha value is -2.87. The van der Waals surface area contributed by atoms with Crippen LogP contribution in [0.15, 0.2) is 42.9 Å². The number of ether oxygens (including phenoxy) is 2. The SMILES string of the molecule is Cc1ccc2sc(N(CCCn3ccnc3)C(=O)C3=COCCO3)nc2c1C. The number of amides is 1. The number of thiazole rings is 1. The van der Waals surface area contributed by atoms with Gasteiger partial charge < -0.3 is 14.0 Å². The standard InChI is InChI=1S/C20H22N4O3S/c1-14-4-5-17-18(15(14)2)22-20(28-17)24(8-3-7-23-9-6-21-13-23)19(25)16-12-26-10-11-27-16/h4-6,9,12-13H,3,7-8,10-11H2,1-2H3. The summed E-state index contributed by atoms with van der Waals surface area (Å²) in [7, 11) is 0. The Morgan fingerprint density at radius 2 is 2.21 bits per heavy atom. The minimum Gasteiger partial charge on any atom is -0.494 e. The highest BCUT2D eigenvalue weighted by Gasteiger charge is 2.26. The molecule has 1 aliphatic heterocycles. The number of carbonyl (C=O) groups is 1. The second kappa shape index (κ2) is 8.02. The molecular weight excluding hydrogens is 376 g/mol. The molecule has 8 heteroatoms. The minimum atomic E-state index is -0.223. The second-order valence-corrected chi connectivity index (χ2v) is 7.67. The Morgan fingerprint density at radius 1 is 1.32 bits per heavy atom. The molecule has 3 heterocycles. The maximum Gasteiger partial charge on any atom is 0.298 e. The highest BCUT2D eigenvalue weighted by Crippen LogP contribution is 2.33. The average Bonchev–Trinajstić information content (AvgIpc) is 3.38. The second-order valence-electron chi connectivity index (χ2n) is 6.66. The van der Waals surface area contributed by atoms with Crippen LogP contribution >= 0.6 is 11.3 Å². The average molecular weight is 398 g/mol. The number of imidazole rings is 1. The Labute approximate surface area is 167 Å². The van der Waals surface area contributed by atoms with Gasteiger partial charge in [0.15, 0.2) is 5.13 Å². The van der Waals surface area contributed by atoms with E-state index >= 15 is 0 Å². The van der Waals surface area contributed by atoms with Crippen LogP contribution in [0.1, 0.15) is 17.5 Å². The summed E-state index contributed by atoms with van der Waals surface area (Å²) in [5.41, 5.74) is 3.28. The quantitative estimate of drug-likeness (QED) is 0.636. The third-order valence-corrected chi connectivity index (χ3v) is 5.81. The fourth-order valence-electron chi connectivity index (χ4n) is 3.06. The van der Waals surface area contributed by atoms with Crippen LogP contribution in [-0.4, -0.2) is 40.2 Å². The predicted molar refractivity (Wildman–Crippen MR) is 108 cm³/mol. The summed E-state index contributed by atoms with van der Waals surface area (Å²) >= 11 is 1.52. The van der Waals surface area contributed by atoms with Crippen molar-refractivity contribution in [2.75, 3.05) is 24.7 Å². The maximum absolute atomic E-state index is 13.1. The molecule has 0 radical (unpaired) electrons. The number of carbonyl (C=O) groups excluding carboxylic acids is 1. The van der Waals surface area contributed by atoms with E-state index in [1.54, 1.807) is 17.4 Å². The van der Waals surface area contributed by atoms with Gasteiger partial charge in [-0.25, -0.2) is 9.97 Å². The van der Waals surface area contributed by atoms with E-state index in [2.05, 4.69) is 31.0 Å². The molecule has 0 unspecified atom stereocenters. The molecule has 146 valence electrons. The molecule has 1 amide bonds. The number of hydrogen-bond acceptors (Lipinski definition) is 6. The Bertz CT molecular complexity index is 1010. The van der Waals surface area contributed by atoms with E-state index in [1.165, 1.54) is 23.2 Å². The van der Waals surface area contributed by atoms with Crippen LogP contribution < -0.4 is 4.90 Å². The van der Waals surface area contributed by atoms with E-state index in [4.69, 9.17) is 14.5 Å². The predicted octanol–water partition coefficient (Wildman–Crippen LogP) is 3.42. The Balaban J connectivity index is 1.62. The van der Waals surface area contributed by atoms with Gasteiger partial charge >= 0.3 is 0 Å². The van der Waals surface area contributed by atoms with Gasteiger partial charge in [-0.3, -0.25) is 9.69 Å². The van der Waals surface area contributed by atoms with Crippen molar-refractivity contribution in [3.8, 4) is 0 Å². The fraction of sp³-hybridized carbons (Fsp3) is 0.350. The zero-order chi connectivity index (χ0) is 19.5. The van der Waals surface area contributed by atoms with Crippen molar-refractivity contribution in [3.05, 3.63) is 54.0 Å². The van der Waals surface area contributed by atoms with Crippen LogP contribution in [-0.2, 0) is 20.8 Å². The molecule has 0 saturated heterocycles. The number of benzene rings is 1. The summed E-state index contributed by atoms with van der Waals surface area (Å²) in [5.74, 6) is -0.000184. The van der Waals surface area contributed by atoms with Gasteiger partial charge in [0.2, 0.25) is 5.76 Å². The summed E-state index contributed by atoms with van der Waals surface area (Å²) in [6.07, 6.45) is 7.61. The number of hydrogen-bond donors (Lipinski definition) is 0. The fourth-order valence-corrected chi connectivity index (χ4v) is 4.11. The zero-order valence-corrected chi connectivity index (χ0v) is 16.7. The number of anilines is 1. The van der Waals surface area contributed by atoms with Gasteiger partial charge in [0.05, 0.1) is 16.5 Å². The van der Waals surface area contributed by atoms with E-state index in [-0.39, 0.29) is 11.7 Å². The molecule has 1 aliphatic rings. The van der Waals surface area contributed by atoms with E-state index in [1.807, 2.05) is 10.8 Å². The van der Waals surface area contributed by atoms with Gasteiger partial charge in [0.1, 0.15) is 19.5 Å². The van der Waals surface area contributed by atoms with E-state index in [0.29, 0.717) is 24.9 Å². The molecule has 0 aliphatic carbocycles. The molecule has 3 aromatic rings. The van der Waals surface area contributed by atoms with Crippen molar-refractivity contribution in [1.82, 2.24) is 14.5 Å². The molecule has 0 N–H and O–H groups in total. The summed E-state index contributed by atoms with van der Waals surface area (Å²) in [6, 6.07) is 4.15. The number of aromatic nitrogens is 3. The van der Waals surface area contributed by atoms with Crippen molar-refractivity contribution in [3.63, 3.8) is 0 Å². The maximum atomic E-state index is 13.1. The molecule has 0 spiro atoms. The Morgan fingerprint density at radius 3 is 2.96 bits per heavy atom. The largest absolute Gasteiger partial charge is 0.494 e. The lowest BCUT2D eigenvalue weighted by Crippen LogP contribution is -2.35. The summed E-state index contributed by atoms with van der Waals surface area (Å²) < 4.78 is 13.9. The molecule has 0 atom stereocenters. The number of rotatable bonds is 6. The van der Waals surface area contributed by atoms with Crippen LogP contribution in [0.25, 0.3) is 10.2 Å². The zero-order valence-electron chi connectivity index (χ0n) is 15.9. The van der Waals surface area contributed by atoms with Gasteiger partial charge in [-0.1, -0.05) is 17.4 Å². The van der Waals surface area contributed by atoms with Gasteiger partial charge in [0.25, 0.3) is 5.91 Å². The van der Waals surface area contributed by atoms with E-state index in [9.17, 15) is 4.79 Å². The van der Waals surface area contributed by atoms with Gasteiger partial charge in [0, 0.05) is 25.5 Å². The summed E-state index contributed by atoms with van der Waals surface area (Å²) in [6.45, 7) is 6.25. The van der Waals surface area contributed by atoms with Crippen LogP contribution in [0.4, 0.5) is 5.13 Å². The lowest BCUT2D eigenvalue weighted by molar-refractivity contribution is -0.119. The molecule has 0 saturated carbocycles. The number of nitrogens with zero attached hydrogens (tertiary/aromatic N) is 4. The molecule has 2 aromatic heterocycles. The van der Waals surface area contributed by atoms with Gasteiger partial charge in [-0.05, 0) is 37.5 Å². The first kappa shape index (κ1) is 18.5. The third-order valence-electron chi connectivity index (χ3n) is 4.77. The summed E-state index contributed by atoms with van der Waals surface area (Å²) in [4.78, 5) is 23.7. The highest BCUT2D eigenvalue weighted by molar-refractivity contribution is 7.22. The smallest absolute Gasteiger partial charge is 0.298 e. The third kappa shape index (κ3) is 3.73. The van der Waals surface area contributed by atoms with Crippen molar-refractivity contribution >= 4 is 32.6 Å². The Kier molecular flexibility index (Phi) is 5.29. The van der Waals surface area contributed by atoms with Crippen LogP contribution in [0.2, 0.25) is 0 Å². The van der Waals surface area contributed by atoms with Crippen LogP contribution in [0.5, 0.6) is 0 Å². The first-order chi connectivity index (χ1) is 13.6. The number of fused-ring (bicyclic) bond motifs is 1. The van der Waals surface area contributed by atoms with Gasteiger partial charge in [-0.15, -0.1) is 0 Å². The minimum absolute atomic E-state index is 0.223. The molecule has 7 nitrogen and oxygen atoms in total. The molecule has 1 aromatic carbocycles. The highest BCUT2D eigenvalue weighted by atomic mass is 32.1. The first-order valence-electron chi connectivity index (χ1n) is 9.22. The van der Waals surface area contributed by atoms with Gasteiger partial charge in [-0.2, -0.15) is 0 Å². The van der Waals surface area contributed by atoms with Crippen molar-refractivity contribution < 1.29 is 14.3 Å². The van der Waals surface area contributed by atoms with Crippen LogP contribution in [0, 0.1) is 13.8 Å². The lowest BCUT2D eigenvalue weighted by Gasteiger charge is -2.23. The van der Waals surface area contributed by atoms with Crippen molar-refractivity contribution in [2.24, 2.45) is 0 Å². The lowest BCUT2D eigenvalue weighted by atomic mass is 10.1. The molecular formula is C20H22N4O3S. The van der Waals surface area contributed by atoms with Crippen molar-refractivity contribution in [1.29, 1.82) is 0 Å². The summed E-state index contributed by atoms with van der Waals surface area (Å²) in [5, 5.41) is 0.675. The molecule has 0 bridgehead atoms. The van der Waals surface area contributed by atoms with Crippen LogP contribution in [0.3, 0.4) is 0 Å². The first-order valence-corrected chi connectivity index (χ1v) is 10.0. The monoisotopic (exact) mass is 398 g/mol. The number of aryl methyl sites for hydroxylation is 3. The normalized spacial score (nSPS) is 13.7. The topological polar surface area (TPSA) is 69.5 Å². The van der Waals surface area contributed by atoms with Crippen molar-refractivity contribution in [2.45, 2.75) is 26.8 Å². The van der Waals surface area contributed by atoms with E-state index in [0.717, 1.165) is 28.7 Å². The molecule has 4 rings (SSSR count).